The van der Waals surface area contributed by atoms with E-state index in [1.54, 1.807) is 24.3 Å². The van der Waals surface area contributed by atoms with Crippen molar-refractivity contribution in [3.8, 4) is 5.75 Å². The first kappa shape index (κ1) is 17.2. The van der Waals surface area contributed by atoms with Crippen LogP contribution in [-0.2, 0) is 9.59 Å². The molecule has 2 amide bonds. The minimum absolute atomic E-state index is 0.0691. The van der Waals surface area contributed by atoms with Crippen molar-refractivity contribution >= 4 is 39.5 Å². The van der Waals surface area contributed by atoms with Gasteiger partial charge in [-0.25, -0.2) is 5.01 Å². The number of hydrazine groups is 1. The number of carbonyl (C=O) groups excluding carboxylic acids is 2. The first-order valence-corrected chi connectivity index (χ1v) is 8.65. The summed E-state index contributed by atoms with van der Waals surface area (Å²) in [5, 5.41) is 1.26. The Bertz CT molecular complexity index is 859. The topological polar surface area (TPSA) is 58.6 Å². The molecule has 0 aliphatic carbocycles. The van der Waals surface area contributed by atoms with E-state index >= 15 is 0 Å². The zero-order valence-corrected chi connectivity index (χ0v) is 15.5. The van der Waals surface area contributed by atoms with Crippen LogP contribution in [0, 0.1) is 6.92 Å². The molecule has 1 aliphatic rings. The highest BCUT2D eigenvalue weighted by atomic mass is 79.9. The second-order valence-electron chi connectivity index (χ2n) is 5.59. The second-order valence-corrected chi connectivity index (χ2v) is 6.51. The molecule has 6 heteroatoms. The molecule has 0 unspecified atom stereocenters. The second kappa shape index (κ2) is 7.11. The fourth-order valence-corrected chi connectivity index (χ4v) is 2.89. The van der Waals surface area contributed by atoms with Gasteiger partial charge in [0.2, 0.25) is 0 Å². The summed E-state index contributed by atoms with van der Waals surface area (Å²) in [5.74, 6) is -0.211. The normalized spacial score (nSPS) is 15.6. The van der Waals surface area contributed by atoms with Crippen LogP contribution in [0.25, 0.3) is 6.08 Å². The van der Waals surface area contributed by atoms with E-state index in [9.17, 15) is 9.59 Å². The summed E-state index contributed by atoms with van der Waals surface area (Å²) in [7, 11) is 0. The number of anilines is 1. The summed E-state index contributed by atoms with van der Waals surface area (Å²) in [6, 6.07) is 12.8. The standard InChI is InChI=1S/C19H17BrN2O3/c1-3-25-17-9-6-14(20)10-13(17)11-16-18(23)21-22(19(16)24)15-7-4-12(2)5-8-15/h4-11H,3H2,1-2H3,(H,21,23). The number of aryl methyl sites for hydroxylation is 1. The van der Waals surface area contributed by atoms with Crippen molar-refractivity contribution in [2.24, 2.45) is 0 Å². The van der Waals surface area contributed by atoms with Gasteiger partial charge in [0.15, 0.2) is 0 Å². The largest absolute Gasteiger partial charge is 0.493 e. The Kier molecular flexibility index (Phi) is 4.90. The van der Waals surface area contributed by atoms with E-state index in [1.807, 2.05) is 38.1 Å². The number of nitrogens with one attached hydrogen (secondary N) is 1. The van der Waals surface area contributed by atoms with Crippen molar-refractivity contribution in [1.82, 2.24) is 5.43 Å². The van der Waals surface area contributed by atoms with Gasteiger partial charge in [0.1, 0.15) is 11.3 Å². The van der Waals surface area contributed by atoms with E-state index in [4.69, 9.17) is 4.74 Å². The Morgan fingerprint density at radius 1 is 1.16 bits per heavy atom. The van der Waals surface area contributed by atoms with Gasteiger partial charge in [0.05, 0.1) is 12.3 Å². The van der Waals surface area contributed by atoms with E-state index in [0.29, 0.717) is 23.6 Å². The molecule has 1 aliphatic heterocycles. The van der Waals surface area contributed by atoms with Crippen LogP contribution in [0.15, 0.2) is 52.5 Å². The molecule has 5 nitrogen and oxygen atoms in total. The SMILES string of the molecule is CCOc1ccc(Br)cc1C=C1C(=O)NN(c2ccc(C)cc2)C1=O. The van der Waals surface area contributed by atoms with Crippen LogP contribution in [0.2, 0.25) is 0 Å². The van der Waals surface area contributed by atoms with Crippen LogP contribution in [0.1, 0.15) is 18.1 Å². The average Bonchev–Trinajstić information content (AvgIpc) is 2.86. The van der Waals surface area contributed by atoms with Crippen molar-refractivity contribution in [3.63, 3.8) is 0 Å². The third kappa shape index (κ3) is 3.58. The van der Waals surface area contributed by atoms with Crippen LogP contribution in [0.5, 0.6) is 5.75 Å². The lowest BCUT2D eigenvalue weighted by Crippen LogP contribution is -2.35. The molecule has 0 bridgehead atoms. The number of rotatable bonds is 4. The molecule has 25 heavy (non-hydrogen) atoms. The Morgan fingerprint density at radius 2 is 1.88 bits per heavy atom. The van der Waals surface area contributed by atoms with E-state index < -0.39 is 11.8 Å². The number of hydrogen-bond donors (Lipinski definition) is 1. The highest BCUT2D eigenvalue weighted by Gasteiger charge is 2.34. The Hall–Kier alpha value is -2.60. The number of amides is 2. The highest BCUT2D eigenvalue weighted by molar-refractivity contribution is 9.10. The molecule has 0 spiro atoms. The molecule has 1 fully saturated rings. The first-order chi connectivity index (χ1) is 12.0. The van der Waals surface area contributed by atoms with Gasteiger partial charge >= 0.3 is 0 Å². The van der Waals surface area contributed by atoms with Gasteiger partial charge < -0.3 is 4.74 Å². The average molecular weight is 401 g/mol. The summed E-state index contributed by atoms with van der Waals surface area (Å²) >= 11 is 3.40. The molecule has 2 aromatic carbocycles. The smallest absolute Gasteiger partial charge is 0.282 e. The molecular formula is C19H17BrN2O3. The molecular weight excluding hydrogens is 384 g/mol. The summed E-state index contributed by atoms with van der Waals surface area (Å²) in [4.78, 5) is 25.0. The molecule has 1 heterocycles. The van der Waals surface area contributed by atoms with Crippen molar-refractivity contribution < 1.29 is 14.3 Å². The van der Waals surface area contributed by atoms with E-state index in [1.165, 1.54) is 5.01 Å². The lowest BCUT2D eigenvalue weighted by atomic mass is 10.1. The number of hydrogen-bond acceptors (Lipinski definition) is 3. The molecule has 0 atom stereocenters. The highest BCUT2D eigenvalue weighted by Crippen LogP contribution is 2.28. The predicted octanol–water partition coefficient (Wildman–Crippen LogP) is 3.62. The van der Waals surface area contributed by atoms with Crippen LogP contribution in [0.4, 0.5) is 5.69 Å². The lowest BCUT2D eigenvalue weighted by Gasteiger charge is -2.14. The van der Waals surface area contributed by atoms with E-state index in [-0.39, 0.29) is 5.57 Å². The maximum absolute atomic E-state index is 12.7. The zero-order chi connectivity index (χ0) is 18.0. The number of ether oxygens (including phenoxy) is 1. The summed E-state index contributed by atoms with van der Waals surface area (Å²) < 4.78 is 6.41. The third-order valence-electron chi connectivity index (χ3n) is 3.76. The Morgan fingerprint density at radius 3 is 2.56 bits per heavy atom. The fraction of sp³-hybridized carbons (Fsp3) is 0.158. The van der Waals surface area contributed by atoms with Gasteiger partial charge in [-0.15, -0.1) is 0 Å². The Labute approximate surface area is 154 Å². The maximum atomic E-state index is 12.7. The molecule has 0 radical (unpaired) electrons. The molecule has 0 saturated carbocycles. The van der Waals surface area contributed by atoms with Crippen molar-refractivity contribution in [2.75, 3.05) is 11.6 Å². The van der Waals surface area contributed by atoms with Crippen LogP contribution < -0.4 is 15.2 Å². The number of benzene rings is 2. The minimum Gasteiger partial charge on any atom is -0.493 e. The predicted molar refractivity (Wildman–Crippen MR) is 100 cm³/mol. The van der Waals surface area contributed by atoms with Gasteiger partial charge in [-0.2, -0.15) is 0 Å². The Balaban J connectivity index is 1.96. The van der Waals surface area contributed by atoms with Crippen molar-refractivity contribution in [1.29, 1.82) is 0 Å². The van der Waals surface area contributed by atoms with Gasteiger partial charge in [0, 0.05) is 10.0 Å². The van der Waals surface area contributed by atoms with Crippen LogP contribution >= 0.6 is 15.9 Å². The van der Waals surface area contributed by atoms with Crippen molar-refractivity contribution in [3.05, 3.63) is 63.6 Å². The monoisotopic (exact) mass is 400 g/mol. The fourth-order valence-electron chi connectivity index (χ4n) is 2.51. The summed E-state index contributed by atoms with van der Waals surface area (Å²) in [6.07, 6.45) is 1.56. The van der Waals surface area contributed by atoms with Gasteiger partial charge in [-0.05, 0) is 50.3 Å². The third-order valence-corrected chi connectivity index (χ3v) is 4.25. The first-order valence-electron chi connectivity index (χ1n) is 7.85. The van der Waals surface area contributed by atoms with Crippen molar-refractivity contribution in [2.45, 2.75) is 13.8 Å². The molecule has 128 valence electrons. The van der Waals surface area contributed by atoms with Crippen LogP contribution in [0.3, 0.4) is 0 Å². The molecule has 1 saturated heterocycles. The van der Waals surface area contributed by atoms with Gasteiger partial charge in [0.25, 0.3) is 11.8 Å². The molecule has 1 N–H and O–H groups in total. The van der Waals surface area contributed by atoms with E-state index in [2.05, 4.69) is 21.4 Å². The molecule has 3 rings (SSSR count). The van der Waals surface area contributed by atoms with E-state index in [0.717, 1.165) is 10.0 Å². The number of halogens is 1. The number of nitrogens with zero attached hydrogens (tertiary/aromatic N) is 1. The van der Waals surface area contributed by atoms with Gasteiger partial charge in [-0.1, -0.05) is 33.6 Å². The summed E-state index contributed by atoms with van der Waals surface area (Å²) in [6.45, 7) is 4.33. The lowest BCUT2D eigenvalue weighted by molar-refractivity contribution is -0.117. The van der Waals surface area contributed by atoms with Crippen LogP contribution in [-0.4, -0.2) is 18.4 Å². The number of carbonyl (C=O) groups is 2. The molecule has 0 aromatic heterocycles. The molecule has 2 aromatic rings. The summed E-state index contributed by atoms with van der Waals surface area (Å²) in [5.41, 5.74) is 5.03. The maximum Gasteiger partial charge on any atom is 0.282 e. The van der Waals surface area contributed by atoms with Gasteiger partial charge in [-0.3, -0.25) is 15.0 Å². The quantitative estimate of drug-likeness (QED) is 0.629. The minimum atomic E-state index is -0.437. The zero-order valence-electron chi connectivity index (χ0n) is 13.9.